The number of rotatable bonds is 7. The van der Waals surface area contributed by atoms with Gasteiger partial charge in [0.1, 0.15) is 5.69 Å². The van der Waals surface area contributed by atoms with Gasteiger partial charge >= 0.3 is 0 Å². The third-order valence-corrected chi connectivity index (χ3v) is 5.72. The zero-order valence-corrected chi connectivity index (χ0v) is 17.2. The van der Waals surface area contributed by atoms with Gasteiger partial charge in [0, 0.05) is 18.0 Å². The van der Waals surface area contributed by atoms with Crippen LogP contribution in [0.4, 0.5) is 11.4 Å². The third-order valence-electron chi connectivity index (χ3n) is 4.85. The second-order valence-electron chi connectivity index (χ2n) is 6.87. The van der Waals surface area contributed by atoms with Gasteiger partial charge in [-0.05, 0) is 30.0 Å². The second kappa shape index (κ2) is 9.33. The van der Waals surface area contributed by atoms with Crippen LogP contribution in [-0.2, 0) is 13.0 Å². The Kier molecular flexibility index (Phi) is 6.15. The molecular weight excluding hydrogens is 394 g/mol. The Morgan fingerprint density at radius 3 is 2.30 bits per heavy atom. The van der Waals surface area contributed by atoms with Crippen molar-refractivity contribution in [3.05, 3.63) is 111 Å². The largest absolute Gasteiger partial charge is 0.316 e. The SMILES string of the molecule is O=[N+]([O-])c1ccccc1N=c1scc(-c2ccccc2)n1CCCc1ccccc1. The van der Waals surface area contributed by atoms with E-state index in [1.807, 2.05) is 24.3 Å². The van der Waals surface area contributed by atoms with Crippen LogP contribution < -0.4 is 4.80 Å². The fourth-order valence-corrected chi connectivity index (χ4v) is 4.32. The van der Waals surface area contributed by atoms with E-state index >= 15 is 0 Å². The van der Waals surface area contributed by atoms with Gasteiger partial charge < -0.3 is 4.57 Å². The minimum Gasteiger partial charge on any atom is -0.316 e. The molecule has 3 aromatic carbocycles. The minimum atomic E-state index is -0.385. The molecule has 0 saturated carbocycles. The summed E-state index contributed by atoms with van der Waals surface area (Å²) in [5.41, 5.74) is 3.87. The van der Waals surface area contributed by atoms with E-state index in [-0.39, 0.29) is 10.6 Å². The minimum absolute atomic E-state index is 0.0167. The molecule has 4 rings (SSSR count). The van der Waals surface area contributed by atoms with Crippen molar-refractivity contribution in [2.45, 2.75) is 19.4 Å². The van der Waals surface area contributed by atoms with Crippen molar-refractivity contribution in [2.24, 2.45) is 4.99 Å². The van der Waals surface area contributed by atoms with Crippen molar-refractivity contribution in [1.29, 1.82) is 0 Å². The lowest BCUT2D eigenvalue weighted by Gasteiger charge is -2.09. The first kappa shape index (κ1) is 19.8. The van der Waals surface area contributed by atoms with Crippen LogP contribution in [0.2, 0.25) is 0 Å². The van der Waals surface area contributed by atoms with Crippen LogP contribution in [0.15, 0.2) is 95.3 Å². The zero-order chi connectivity index (χ0) is 20.8. The summed E-state index contributed by atoms with van der Waals surface area (Å²) in [6.07, 6.45) is 1.91. The monoisotopic (exact) mass is 415 g/mol. The maximum Gasteiger partial charge on any atom is 0.294 e. The molecule has 0 aliphatic rings. The molecule has 0 unspecified atom stereocenters. The van der Waals surface area contributed by atoms with Crippen LogP contribution in [0.5, 0.6) is 0 Å². The van der Waals surface area contributed by atoms with E-state index in [0.717, 1.165) is 35.4 Å². The van der Waals surface area contributed by atoms with E-state index in [2.05, 4.69) is 51.3 Å². The smallest absolute Gasteiger partial charge is 0.294 e. The highest BCUT2D eigenvalue weighted by atomic mass is 32.1. The van der Waals surface area contributed by atoms with Crippen molar-refractivity contribution >= 4 is 22.7 Å². The van der Waals surface area contributed by atoms with Crippen LogP contribution in [0.3, 0.4) is 0 Å². The van der Waals surface area contributed by atoms with Crippen molar-refractivity contribution in [3.8, 4) is 11.3 Å². The fourth-order valence-electron chi connectivity index (χ4n) is 3.38. The molecule has 0 N–H and O–H groups in total. The standard InChI is InChI=1S/C24H21N3O2S/c28-27(29)22-16-8-7-15-21(22)25-24-26(17-9-12-19-10-3-1-4-11-19)23(18-30-24)20-13-5-2-6-14-20/h1-8,10-11,13-16,18H,9,12,17H2. The first-order valence-corrected chi connectivity index (χ1v) is 10.7. The van der Waals surface area contributed by atoms with Gasteiger partial charge in [-0.2, -0.15) is 0 Å². The molecule has 1 heterocycles. The third kappa shape index (κ3) is 4.55. The normalized spacial score (nSPS) is 11.5. The molecule has 6 heteroatoms. The number of nitro benzene ring substituents is 1. The molecule has 1 aromatic heterocycles. The van der Waals surface area contributed by atoms with Gasteiger partial charge in [0.05, 0.1) is 10.6 Å². The Bertz CT molecular complexity index is 1200. The fraction of sp³-hybridized carbons (Fsp3) is 0.125. The van der Waals surface area contributed by atoms with E-state index in [1.165, 1.54) is 23.0 Å². The van der Waals surface area contributed by atoms with Crippen LogP contribution in [0, 0.1) is 10.1 Å². The molecule has 0 bridgehead atoms. The van der Waals surface area contributed by atoms with Gasteiger partial charge in [0.15, 0.2) is 4.80 Å². The van der Waals surface area contributed by atoms with Crippen LogP contribution in [0.25, 0.3) is 11.3 Å². The summed E-state index contributed by atoms with van der Waals surface area (Å²) in [4.78, 5) is 16.4. The lowest BCUT2D eigenvalue weighted by atomic mass is 10.1. The van der Waals surface area contributed by atoms with Crippen molar-refractivity contribution in [1.82, 2.24) is 4.57 Å². The molecule has 5 nitrogen and oxygen atoms in total. The quantitative estimate of drug-likeness (QED) is 0.275. The first-order chi connectivity index (χ1) is 14.7. The van der Waals surface area contributed by atoms with Gasteiger partial charge in [-0.3, -0.25) is 10.1 Å². The second-order valence-corrected chi connectivity index (χ2v) is 7.70. The van der Waals surface area contributed by atoms with Crippen LogP contribution >= 0.6 is 11.3 Å². The summed E-state index contributed by atoms with van der Waals surface area (Å²) in [6.45, 7) is 0.780. The highest BCUT2D eigenvalue weighted by Crippen LogP contribution is 2.27. The van der Waals surface area contributed by atoms with E-state index in [1.54, 1.807) is 18.2 Å². The van der Waals surface area contributed by atoms with Crippen molar-refractivity contribution in [2.75, 3.05) is 0 Å². The predicted molar refractivity (Wildman–Crippen MR) is 121 cm³/mol. The number of aromatic nitrogens is 1. The number of thiazole rings is 1. The number of hydrogen-bond donors (Lipinski definition) is 0. The van der Waals surface area contributed by atoms with Crippen LogP contribution in [0.1, 0.15) is 12.0 Å². The number of para-hydroxylation sites is 2. The summed E-state index contributed by atoms with van der Waals surface area (Å²) in [7, 11) is 0. The Morgan fingerprint density at radius 2 is 1.57 bits per heavy atom. The molecule has 4 aromatic rings. The molecule has 0 spiro atoms. The highest BCUT2D eigenvalue weighted by Gasteiger charge is 2.13. The van der Waals surface area contributed by atoms with Crippen molar-refractivity contribution in [3.63, 3.8) is 0 Å². The summed E-state index contributed by atoms with van der Waals surface area (Å²) in [5, 5.41) is 13.5. The van der Waals surface area contributed by atoms with E-state index in [4.69, 9.17) is 0 Å². The summed E-state index contributed by atoms with van der Waals surface area (Å²) < 4.78 is 2.17. The Balaban J connectivity index is 1.72. The lowest BCUT2D eigenvalue weighted by Crippen LogP contribution is -2.16. The molecule has 0 atom stereocenters. The van der Waals surface area contributed by atoms with Gasteiger partial charge in [-0.25, -0.2) is 4.99 Å². The van der Waals surface area contributed by atoms with E-state index in [0.29, 0.717) is 5.69 Å². The number of aryl methyl sites for hydroxylation is 1. The Hall–Kier alpha value is -3.51. The molecule has 0 aliphatic heterocycles. The molecule has 0 saturated heterocycles. The number of benzene rings is 3. The van der Waals surface area contributed by atoms with Crippen molar-refractivity contribution < 1.29 is 4.92 Å². The lowest BCUT2D eigenvalue weighted by molar-refractivity contribution is -0.384. The van der Waals surface area contributed by atoms with E-state index in [9.17, 15) is 10.1 Å². The predicted octanol–water partition coefficient (Wildman–Crippen LogP) is 5.99. The van der Waals surface area contributed by atoms with Gasteiger partial charge in [0.25, 0.3) is 5.69 Å². The maximum atomic E-state index is 11.4. The first-order valence-electron chi connectivity index (χ1n) is 9.78. The molecule has 30 heavy (non-hydrogen) atoms. The molecule has 150 valence electrons. The molecule has 0 fully saturated rings. The van der Waals surface area contributed by atoms with Gasteiger partial charge in [-0.1, -0.05) is 72.8 Å². The number of nitrogens with zero attached hydrogens (tertiary/aromatic N) is 3. The highest BCUT2D eigenvalue weighted by molar-refractivity contribution is 7.07. The maximum absolute atomic E-state index is 11.4. The average Bonchev–Trinajstić information content (AvgIpc) is 3.18. The number of hydrogen-bond acceptors (Lipinski definition) is 4. The summed E-state index contributed by atoms with van der Waals surface area (Å²) in [6, 6.07) is 27.2. The van der Waals surface area contributed by atoms with Gasteiger partial charge in [0.2, 0.25) is 0 Å². The van der Waals surface area contributed by atoms with E-state index < -0.39 is 0 Å². The topological polar surface area (TPSA) is 60.4 Å². The Morgan fingerprint density at radius 1 is 0.900 bits per heavy atom. The van der Waals surface area contributed by atoms with Crippen LogP contribution in [-0.4, -0.2) is 9.49 Å². The molecule has 0 amide bonds. The molecular formula is C24H21N3O2S. The number of nitro groups is 1. The average molecular weight is 416 g/mol. The zero-order valence-electron chi connectivity index (χ0n) is 16.3. The summed E-state index contributed by atoms with van der Waals surface area (Å²) >= 11 is 1.51. The van der Waals surface area contributed by atoms with Gasteiger partial charge in [-0.15, -0.1) is 11.3 Å². The molecule has 0 aliphatic carbocycles. The summed E-state index contributed by atoms with van der Waals surface area (Å²) in [5.74, 6) is 0. The molecule has 0 radical (unpaired) electrons. The Labute approximate surface area is 178 Å².